The molecule has 1 saturated heterocycles. The van der Waals surface area contributed by atoms with Crippen LogP contribution in [-0.4, -0.2) is 34.8 Å². The van der Waals surface area contributed by atoms with Crippen LogP contribution in [0.1, 0.15) is 25.6 Å². The van der Waals surface area contributed by atoms with Gasteiger partial charge < -0.3 is 10.2 Å². The van der Waals surface area contributed by atoms with Crippen LogP contribution < -0.4 is 5.32 Å². The Labute approximate surface area is 111 Å². The highest BCUT2D eigenvalue weighted by atomic mass is 32.1. The summed E-state index contributed by atoms with van der Waals surface area (Å²) < 4.78 is 0. The lowest BCUT2D eigenvalue weighted by Crippen LogP contribution is -2.67. The zero-order valence-electron chi connectivity index (χ0n) is 10.9. The fourth-order valence-corrected chi connectivity index (χ4v) is 2.83. The summed E-state index contributed by atoms with van der Waals surface area (Å²) in [6.07, 6.45) is 0.798. The summed E-state index contributed by atoms with van der Waals surface area (Å²) in [6, 6.07) is 3.63. The van der Waals surface area contributed by atoms with Crippen molar-refractivity contribution in [2.75, 3.05) is 6.54 Å². The molecule has 2 heterocycles. The highest BCUT2D eigenvalue weighted by Crippen LogP contribution is 2.22. The molecule has 98 valence electrons. The van der Waals surface area contributed by atoms with Gasteiger partial charge in [0.05, 0.1) is 0 Å². The molecule has 0 spiro atoms. The molecule has 1 fully saturated rings. The summed E-state index contributed by atoms with van der Waals surface area (Å²) in [5, 5.41) is 4.74. The number of hydrogen-bond acceptors (Lipinski definition) is 3. The molecule has 0 saturated carbocycles. The van der Waals surface area contributed by atoms with Crippen molar-refractivity contribution in [1.82, 2.24) is 10.2 Å². The van der Waals surface area contributed by atoms with Crippen LogP contribution in [0, 0.1) is 0 Å². The number of amides is 2. The molecule has 1 aliphatic heterocycles. The van der Waals surface area contributed by atoms with Gasteiger partial charge in [0.25, 0.3) is 0 Å². The van der Waals surface area contributed by atoms with E-state index >= 15 is 0 Å². The summed E-state index contributed by atoms with van der Waals surface area (Å²) in [6.45, 7) is 5.90. The van der Waals surface area contributed by atoms with E-state index in [0.29, 0.717) is 6.54 Å². The Kier molecular flexibility index (Phi) is 3.43. The summed E-state index contributed by atoms with van der Waals surface area (Å²) in [7, 11) is 0. The normalized spacial score (nSPS) is 23.1. The number of piperazine rings is 1. The van der Waals surface area contributed by atoms with Gasteiger partial charge in [-0.2, -0.15) is 0 Å². The zero-order valence-corrected chi connectivity index (χ0v) is 11.7. The molecule has 2 rings (SSSR count). The van der Waals surface area contributed by atoms with E-state index in [1.54, 1.807) is 37.0 Å². The van der Waals surface area contributed by atoms with E-state index in [2.05, 4.69) is 11.4 Å². The Bertz CT molecular complexity index is 454. The predicted molar refractivity (Wildman–Crippen MR) is 71.4 cm³/mol. The van der Waals surface area contributed by atoms with Crippen LogP contribution in [0.5, 0.6) is 0 Å². The van der Waals surface area contributed by atoms with Crippen LogP contribution in [0.25, 0.3) is 0 Å². The number of carbonyl (C=O) groups excluding carboxylic acids is 2. The van der Waals surface area contributed by atoms with Gasteiger partial charge in [0.1, 0.15) is 11.6 Å². The second kappa shape index (κ2) is 4.72. The lowest BCUT2D eigenvalue weighted by atomic mass is 9.96. The molecule has 1 aromatic heterocycles. The maximum atomic E-state index is 12.2. The average molecular weight is 266 g/mol. The Hall–Kier alpha value is -1.36. The van der Waals surface area contributed by atoms with E-state index < -0.39 is 11.6 Å². The quantitative estimate of drug-likeness (QED) is 0.899. The summed E-state index contributed by atoms with van der Waals surface area (Å²) in [5.74, 6) is -0.0862. The Morgan fingerprint density at radius 3 is 2.78 bits per heavy atom. The molecule has 0 aliphatic carbocycles. The van der Waals surface area contributed by atoms with Crippen molar-refractivity contribution in [3.63, 3.8) is 0 Å². The third-order valence-corrected chi connectivity index (χ3v) is 4.31. The van der Waals surface area contributed by atoms with Crippen molar-refractivity contribution >= 4 is 23.2 Å². The second-order valence-corrected chi connectivity index (χ2v) is 6.11. The van der Waals surface area contributed by atoms with Gasteiger partial charge >= 0.3 is 0 Å². The monoisotopic (exact) mass is 266 g/mol. The largest absolute Gasteiger partial charge is 0.343 e. The second-order valence-electron chi connectivity index (χ2n) is 5.07. The highest BCUT2D eigenvalue weighted by molar-refractivity contribution is 7.09. The zero-order chi connectivity index (χ0) is 13.3. The van der Waals surface area contributed by atoms with Crippen molar-refractivity contribution < 1.29 is 9.59 Å². The number of carbonyl (C=O) groups is 2. The first kappa shape index (κ1) is 13.1. The van der Waals surface area contributed by atoms with Gasteiger partial charge in [-0.3, -0.25) is 9.59 Å². The van der Waals surface area contributed by atoms with Gasteiger partial charge in [-0.05, 0) is 38.6 Å². The van der Waals surface area contributed by atoms with Gasteiger partial charge in [0.15, 0.2) is 0 Å². The van der Waals surface area contributed by atoms with Crippen molar-refractivity contribution in [2.24, 2.45) is 0 Å². The van der Waals surface area contributed by atoms with E-state index in [9.17, 15) is 9.59 Å². The minimum Gasteiger partial charge on any atom is -0.343 e. The molecule has 1 unspecified atom stereocenters. The molecule has 4 nitrogen and oxygen atoms in total. The van der Waals surface area contributed by atoms with Crippen LogP contribution in [0.4, 0.5) is 0 Å². The minimum absolute atomic E-state index is 0.00356. The highest BCUT2D eigenvalue weighted by Gasteiger charge is 2.44. The number of nitrogens with zero attached hydrogens (tertiary/aromatic N) is 1. The van der Waals surface area contributed by atoms with E-state index in [-0.39, 0.29) is 11.8 Å². The molecule has 1 N–H and O–H groups in total. The van der Waals surface area contributed by atoms with E-state index in [4.69, 9.17) is 0 Å². The molecular weight excluding hydrogens is 248 g/mol. The van der Waals surface area contributed by atoms with Crippen LogP contribution in [0.2, 0.25) is 0 Å². The first-order valence-electron chi connectivity index (χ1n) is 6.08. The third kappa shape index (κ3) is 2.27. The maximum absolute atomic E-state index is 12.2. The number of nitrogens with one attached hydrogen (secondary N) is 1. The molecule has 5 heteroatoms. The first-order chi connectivity index (χ1) is 8.43. The van der Waals surface area contributed by atoms with Gasteiger partial charge in [-0.25, -0.2) is 0 Å². The summed E-state index contributed by atoms with van der Waals surface area (Å²) in [4.78, 5) is 27.0. The lowest BCUT2D eigenvalue weighted by molar-refractivity contribution is -0.154. The molecule has 0 aromatic carbocycles. The SMILES string of the molecule is CC1NC(=O)C(C)(C)N(CCc2cccs2)C1=O. The molecule has 2 amide bonds. The van der Waals surface area contributed by atoms with Gasteiger partial charge in [0.2, 0.25) is 11.8 Å². The minimum atomic E-state index is -0.763. The van der Waals surface area contributed by atoms with E-state index in [1.807, 2.05) is 11.4 Å². The first-order valence-corrected chi connectivity index (χ1v) is 6.95. The van der Waals surface area contributed by atoms with Crippen LogP contribution in [0.3, 0.4) is 0 Å². The smallest absolute Gasteiger partial charge is 0.246 e. The fraction of sp³-hybridized carbons (Fsp3) is 0.538. The van der Waals surface area contributed by atoms with Gasteiger partial charge in [-0.15, -0.1) is 11.3 Å². The van der Waals surface area contributed by atoms with Crippen molar-refractivity contribution in [3.8, 4) is 0 Å². The van der Waals surface area contributed by atoms with Crippen molar-refractivity contribution in [3.05, 3.63) is 22.4 Å². The van der Waals surface area contributed by atoms with Crippen LogP contribution in [-0.2, 0) is 16.0 Å². The topological polar surface area (TPSA) is 49.4 Å². The van der Waals surface area contributed by atoms with Crippen molar-refractivity contribution in [1.29, 1.82) is 0 Å². The maximum Gasteiger partial charge on any atom is 0.246 e. The average Bonchev–Trinajstić information content (AvgIpc) is 2.79. The van der Waals surface area contributed by atoms with E-state index in [0.717, 1.165) is 6.42 Å². The number of thiophene rings is 1. The Morgan fingerprint density at radius 1 is 1.44 bits per heavy atom. The Morgan fingerprint density at radius 2 is 2.17 bits per heavy atom. The standard InChI is InChI=1S/C13H18N2O2S/c1-9-11(16)15(13(2,3)12(17)14-9)7-6-10-5-4-8-18-10/h4-5,8-9H,6-7H2,1-3H3,(H,14,17). The molecule has 1 aromatic rings. The van der Waals surface area contributed by atoms with Crippen LogP contribution in [0.15, 0.2) is 17.5 Å². The molecular formula is C13H18N2O2S. The number of hydrogen-bond donors (Lipinski definition) is 1. The molecule has 0 radical (unpaired) electrons. The number of rotatable bonds is 3. The third-order valence-electron chi connectivity index (χ3n) is 3.38. The lowest BCUT2D eigenvalue weighted by Gasteiger charge is -2.43. The van der Waals surface area contributed by atoms with Gasteiger partial charge in [0, 0.05) is 11.4 Å². The molecule has 0 bridgehead atoms. The summed E-state index contributed by atoms with van der Waals surface area (Å²) >= 11 is 1.68. The van der Waals surface area contributed by atoms with Crippen molar-refractivity contribution in [2.45, 2.75) is 38.8 Å². The van der Waals surface area contributed by atoms with Gasteiger partial charge in [-0.1, -0.05) is 6.07 Å². The predicted octanol–water partition coefficient (Wildman–Crippen LogP) is 1.42. The van der Waals surface area contributed by atoms with E-state index in [1.165, 1.54) is 4.88 Å². The molecule has 1 aliphatic rings. The molecule has 18 heavy (non-hydrogen) atoms. The summed E-state index contributed by atoms with van der Waals surface area (Å²) in [5.41, 5.74) is -0.763. The molecule has 1 atom stereocenters. The fourth-order valence-electron chi connectivity index (χ4n) is 2.13. The van der Waals surface area contributed by atoms with Crippen LogP contribution >= 0.6 is 11.3 Å². The Balaban J connectivity index is 2.12.